The van der Waals surface area contributed by atoms with Gasteiger partial charge >= 0.3 is 12.1 Å². The van der Waals surface area contributed by atoms with Gasteiger partial charge in [0.1, 0.15) is 5.82 Å². The normalized spacial score (nSPS) is 11.5. The van der Waals surface area contributed by atoms with Gasteiger partial charge in [-0.15, -0.1) is 0 Å². The van der Waals surface area contributed by atoms with Gasteiger partial charge in [0.25, 0.3) is 0 Å². The molecule has 0 aliphatic carbocycles. The number of benzene rings is 2. The summed E-state index contributed by atoms with van der Waals surface area (Å²) >= 11 is 0. The first-order valence-corrected chi connectivity index (χ1v) is 5.92. The van der Waals surface area contributed by atoms with Crippen LogP contribution in [0.25, 0.3) is 11.1 Å². The Kier molecular flexibility index (Phi) is 3.72. The SMILES string of the molecule is Cc1cc(C(F)(F)F)ccc1-c1cccc(C(=O)O)c1F. The van der Waals surface area contributed by atoms with Gasteiger partial charge in [0.15, 0.2) is 0 Å². The summed E-state index contributed by atoms with van der Waals surface area (Å²) in [5, 5.41) is 8.87. The smallest absolute Gasteiger partial charge is 0.416 e. The Labute approximate surface area is 117 Å². The van der Waals surface area contributed by atoms with Gasteiger partial charge in [0.05, 0.1) is 11.1 Å². The molecule has 2 aromatic rings. The van der Waals surface area contributed by atoms with Crippen molar-refractivity contribution in [3.05, 3.63) is 58.9 Å². The molecule has 2 aromatic carbocycles. The first kappa shape index (κ1) is 15.0. The highest BCUT2D eigenvalue weighted by Gasteiger charge is 2.30. The van der Waals surface area contributed by atoms with E-state index in [1.54, 1.807) is 0 Å². The van der Waals surface area contributed by atoms with E-state index in [1.165, 1.54) is 19.1 Å². The Morgan fingerprint density at radius 2 is 1.76 bits per heavy atom. The van der Waals surface area contributed by atoms with Crippen LogP contribution in [0.3, 0.4) is 0 Å². The summed E-state index contributed by atoms with van der Waals surface area (Å²) in [5.74, 6) is -2.40. The molecule has 21 heavy (non-hydrogen) atoms. The monoisotopic (exact) mass is 298 g/mol. The van der Waals surface area contributed by atoms with Crippen LogP contribution >= 0.6 is 0 Å². The van der Waals surface area contributed by atoms with E-state index in [0.717, 1.165) is 24.3 Å². The van der Waals surface area contributed by atoms with Crippen molar-refractivity contribution in [3.63, 3.8) is 0 Å². The quantitative estimate of drug-likeness (QED) is 0.828. The van der Waals surface area contributed by atoms with Gasteiger partial charge < -0.3 is 5.11 Å². The van der Waals surface area contributed by atoms with Crippen LogP contribution in [-0.2, 0) is 6.18 Å². The van der Waals surface area contributed by atoms with E-state index in [0.29, 0.717) is 0 Å². The molecule has 110 valence electrons. The van der Waals surface area contributed by atoms with Crippen molar-refractivity contribution in [1.29, 1.82) is 0 Å². The molecule has 0 aromatic heterocycles. The molecule has 1 N–H and O–H groups in total. The lowest BCUT2D eigenvalue weighted by Crippen LogP contribution is -2.06. The van der Waals surface area contributed by atoms with E-state index < -0.39 is 29.1 Å². The molecule has 0 bridgehead atoms. The van der Waals surface area contributed by atoms with E-state index in [1.807, 2.05) is 0 Å². The van der Waals surface area contributed by atoms with Gasteiger partial charge in [-0.25, -0.2) is 9.18 Å². The molecule has 0 aliphatic heterocycles. The van der Waals surface area contributed by atoms with Crippen molar-refractivity contribution in [1.82, 2.24) is 0 Å². The van der Waals surface area contributed by atoms with Crippen LogP contribution < -0.4 is 0 Å². The van der Waals surface area contributed by atoms with Crippen LogP contribution in [0.15, 0.2) is 36.4 Å². The average Bonchev–Trinajstić information content (AvgIpc) is 2.38. The highest BCUT2D eigenvalue weighted by atomic mass is 19.4. The maximum Gasteiger partial charge on any atom is 0.416 e. The summed E-state index contributed by atoms with van der Waals surface area (Å²) < 4.78 is 51.9. The van der Waals surface area contributed by atoms with Crippen LogP contribution in [0.5, 0.6) is 0 Å². The number of alkyl halides is 3. The molecule has 2 nitrogen and oxygen atoms in total. The fraction of sp³-hybridized carbons (Fsp3) is 0.133. The maximum absolute atomic E-state index is 14.1. The standard InChI is InChI=1S/C15H10F4O2/c1-8-7-9(15(17,18)19)5-6-10(8)11-3-2-4-12(13(11)16)14(20)21/h2-7H,1H3,(H,20,21). The number of halogens is 4. The zero-order chi connectivity index (χ0) is 15.8. The van der Waals surface area contributed by atoms with Crippen molar-refractivity contribution in [3.8, 4) is 11.1 Å². The number of carboxylic acids is 1. The van der Waals surface area contributed by atoms with Crippen LogP contribution in [0.2, 0.25) is 0 Å². The molecule has 0 fully saturated rings. The third kappa shape index (κ3) is 2.89. The summed E-state index contributed by atoms with van der Waals surface area (Å²) in [5.41, 5.74) is -0.957. The van der Waals surface area contributed by atoms with Crippen molar-refractivity contribution in [2.75, 3.05) is 0 Å². The van der Waals surface area contributed by atoms with E-state index >= 15 is 0 Å². The van der Waals surface area contributed by atoms with Crippen molar-refractivity contribution >= 4 is 5.97 Å². The molecule has 0 unspecified atom stereocenters. The van der Waals surface area contributed by atoms with Crippen LogP contribution in [-0.4, -0.2) is 11.1 Å². The minimum absolute atomic E-state index is 0.0406. The topological polar surface area (TPSA) is 37.3 Å². The molecular weight excluding hydrogens is 288 g/mol. The van der Waals surface area contributed by atoms with E-state index in [9.17, 15) is 22.4 Å². The molecule has 6 heteroatoms. The second-order valence-corrected chi connectivity index (χ2v) is 4.50. The lowest BCUT2D eigenvalue weighted by atomic mass is 9.96. The zero-order valence-electron chi connectivity index (χ0n) is 10.8. The fourth-order valence-corrected chi connectivity index (χ4v) is 2.05. The predicted octanol–water partition coefficient (Wildman–Crippen LogP) is 4.52. The number of hydrogen-bond acceptors (Lipinski definition) is 1. The highest BCUT2D eigenvalue weighted by Crippen LogP contribution is 2.34. The van der Waals surface area contributed by atoms with Crippen molar-refractivity contribution < 1.29 is 27.5 Å². The summed E-state index contributed by atoms with van der Waals surface area (Å²) in [6.07, 6.45) is -4.48. The van der Waals surface area contributed by atoms with Gasteiger partial charge in [-0.1, -0.05) is 18.2 Å². The first-order valence-electron chi connectivity index (χ1n) is 5.92. The lowest BCUT2D eigenvalue weighted by molar-refractivity contribution is -0.137. The Bertz CT molecular complexity index is 705. The average molecular weight is 298 g/mol. The minimum Gasteiger partial charge on any atom is -0.478 e. The third-order valence-corrected chi connectivity index (χ3v) is 3.07. The van der Waals surface area contributed by atoms with Gasteiger partial charge in [0.2, 0.25) is 0 Å². The predicted molar refractivity (Wildman–Crippen MR) is 68.5 cm³/mol. The van der Waals surface area contributed by atoms with E-state index in [-0.39, 0.29) is 16.7 Å². The molecule has 0 radical (unpaired) electrons. The Balaban J connectivity index is 2.58. The van der Waals surface area contributed by atoms with Gasteiger partial charge in [0, 0.05) is 5.56 Å². The van der Waals surface area contributed by atoms with Crippen molar-refractivity contribution in [2.24, 2.45) is 0 Å². The molecule has 0 amide bonds. The lowest BCUT2D eigenvalue weighted by Gasteiger charge is -2.12. The minimum atomic E-state index is -4.48. The molecule has 2 rings (SSSR count). The molecule has 0 saturated carbocycles. The zero-order valence-corrected chi connectivity index (χ0v) is 10.8. The highest BCUT2D eigenvalue weighted by molar-refractivity contribution is 5.90. The largest absolute Gasteiger partial charge is 0.478 e. The summed E-state index contributed by atoms with van der Waals surface area (Å²) in [6.45, 7) is 1.41. The van der Waals surface area contributed by atoms with Gasteiger partial charge in [-0.2, -0.15) is 13.2 Å². The number of aryl methyl sites for hydroxylation is 1. The number of aromatic carboxylic acids is 1. The number of rotatable bonds is 2. The maximum atomic E-state index is 14.1. The second kappa shape index (κ2) is 5.20. The molecule has 0 spiro atoms. The Hall–Kier alpha value is -2.37. The van der Waals surface area contributed by atoms with Gasteiger partial charge in [-0.3, -0.25) is 0 Å². The summed E-state index contributed by atoms with van der Waals surface area (Å²) in [4.78, 5) is 10.9. The number of hydrogen-bond donors (Lipinski definition) is 1. The van der Waals surface area contributed by atoms with Crippen molar-refractivity contribution in [2.45, 2.75) is 13.1 Å². The Morgan fingerprint density at radius 3 is 2.29 bits per heavy atom. The summed E-state index contributed by atoms with van der Waals surface area (Å²) in [7, 11) is 0. The van der Waals surface area contributed by atoms with E-state index in [4.69, 9.17) is 5.11 Å². The number of carbonyl (C=O) groups is 1. The fourth-order valence-electron chi connectivity index (χ4n) is 2.05. The van der Waals surface area contributed by atoms with Gasteiger partial charge in [-0.05, 0) is 36.2 Å². The molecule has 0 heterocycles. The molecule has 0 saturated heterocycles. The Morgan fingerprint density at radius 1 is 1.10 bits per heavy atom. The van der Waals surface area contributed by atoms with E-state index in [2.05, 4.69) is 0 Å². The third-order valence-electron chi connectivity index (χ3n) is 3.07. The molecule has 0 aliphatic rings. The van der Waals surface area contributed by atoms with Crippen LogP contribution in [0.1, 0.15) is 21.5 Å². The summed E-state index contributed by atoms with van der Waals surface area (Å²) in [6, 6.07) is 6.66. The molecular formula is C15H10F4O2. The first-order chi connectivity index (χ1) is 9.71. The van der Waals surface area contributed by atoms with Crippen LogP contribution in [0, 0.1) is 12.7 Å². The second-order valence-electron chi connectivity index (χ2n) is 4.50. The molecule has 0 atom stereocenters. The number of carboxylic acid groups (broad SMARTS) is 1. The van der Waals surface area contributed by atoms with Crippen LogP contribution in [0.4, 0.5) is 17.6 Å².